The quantitative estimate of drug-likeness (QED) is 0.711. The molecule has 4 unspecified atom stereocenters. The summed E-state index contributed by atoms with van der Waals surface area (Å²) in [7, 11) is 0. The van der Waals surface area contributed by atoms with E-state index in [1.807, 2.05) is 0 Å². The zero-order chi connectivity index (χ0) is 13.5. The predicted octanol–water partition coefficient (Wildman–Crippen LogP) is 2.84. The zero-order valence-corrected chi connectivity index (χ0v) is 12.7. The van der Waals surface area contributed by atoms with Gasteiger partial charge in [-0.05, 0) is 45.1 Å². The molecule has 0 aliphatic heterocycles. The van der Waals surface area contributed by atoms with Gasteiger partial charge in [0.2, 0.25) is 0 Å². The van der Waals surface area contributed by atoms with Gasteiger partial charge in [0.15, 0.2) is 0 Å². The van der Waals surface area contributed by atoms with E-state index >= 15 is 0 Å². The molecule has 1 aliphatic carbocycles. The molecule has 108 valence electrons. The minimum absolute atomic E-state index is 0.293. The lowest BCUT2D eigenvalue weighted by molar-refractivity contribution is -0.0642. The van der Waals surface area contributed by atoms with Crippen LogP contribution in [0.15, 0.2) is 0 Å². The molecule has 3 nitrogen and oxygen atoms in total. The highest BCUT2D eigenvalue weighted by Gasteiger charge is 2.34. The summed E-state index contributed by atoms with van der Waals surface area (Å²) in [5.74, 6) is 1.44. The van der Waals surface area contributed by atoms with Crippen LogP contribution in [0.3, 0.4) is 0 Å². The highest BCUT2D eigenvalue weighted by atomic mass is 16.5. The maximum absolute atomic E-state index is 6.07. The molecule has 4 atom stereocenters. The van der Waals surface area contributed by atoms with E-state index in [-0.39, 0.29) is 0 Å². The van der Waals surface area contributed by atoms with E-state index in [0.717, 1.165) is 12.5 Å². The number of likely N-dealkylation sites (N-methyl/N-ethyl adjacent to an activating group) is 1. The van der Waals surface area contributed by atoms with E-state index in [2.05, 4.69) is 39.9 Å². The molecule has 0 spiro atoms. The average Bonchev–Trinajstić information content (AvgIpc) is 2.26. The standard InChI is InChI=1S/C15H31NO2/c1-6-16-14-10-12(4)9-13(5)15(14)18-8-7-17-11(2)3/h11-16H,6-10H2,1-5H3. The summed E-state index contributed by atoms with van der Waals surface area (Å²) >= 11 is 0. The van der Waals surface area contributed by atoms with Crippen molar-refractivity contribution in [1.82, 2.24) is 5.32 Å². The van der Waals surface area contributed by atoms with E-state index in [1.54, 1.807) is 0 Å². The van der Waals surface area contributed by atoms with Gasteiger partial charge in [-0.25, -0.2) is 0 Å². The fourth-order valence-corrected chi connectivity index (χ4v) is 3.04. The van der Waals surface area contributed by atoms with Crippen molar-refractivity contribution in [2.24, 2.45) is 11.8 Å². The summed E-state index contributed by atoms with van der Waals surface area (Å²) in [6.45, 7) is 13.4. The molecular weight excluding hydrogens is 226 g/mol. The van der Waals surface area contributed by atoms with Crippen LogP contribution in [0.1, 0.15) is 47.5 Å². The Bertz CT molecular complexity index is 221. The Labute approximate surface area is 113 Å². The van der Waals surface area contributed by atoms with Gasteiger partial charge in [0.25, 0.3) is 0 Å². The van der Waals surface area contributed by atoms with E-state index < -0.39 is 0 Å². The number of ether oxygens (including phenoxy) is 2. The minimum Gasteiger partial charge on any atom is -0.376 e. The van der Waals surface area contributed by atoms with Gasteiger partial charge in [-0.3, -0.25) is 0 Å². The smallest absolute Gasteiger partial charge is 0.0754 e. The number of nitrogens with one attached hydrogen (secondary N) is 1. The van der Waals surface area contributed by atoms with Gasteiger partial charge in [0.1, 0.15) is 0 Å². The van der Waals surface area contributed by atoms with Gasteiger partial charge in [-0.2, -0.15) is 0 Å². The molecule has 0 aromatic carbocycles. The second-order valence-corrected chi connectivity index (χ2v) is 5.97. The summed E-state index contributed by atoms with van der Waals surface area (Å²) in [5.41, 5.74) is 0. The third kappa shape index (κ3) is 5.25. The normalized spacial score (nSPS) is 33.0. The summed E-state index contributed by atoms with van der Waals surface area (Å²) in [5, 5.41) is 3.58. The first-order valence-corrected chi connectivity index (χ1v) is 7.51. The summed E-state index contributed by atoms with van der Waals surface area (Å²) in [6, 6.07) is 0.507. The van der Waals surface area contributed by atoms with Crippen molar-refractivity contribution in [1.29, 1.82) is 0 Å². The first kappa shape index (κ1) is 15.9. The van der Waals surface area contributed by atoms with Crippen LogP contribution in [0.4, 0.5) is 0 Å². The second kappa shape index (κ2) is 8.13. The van der Waals surface area contributed by atoms with E-state index in [9.17, 15) is 0 Å². The maximum atomic E-state index is 6.07. The van der Waals surface area contributed by atoms with Crippen LogP contribution >= 0.6 is 0 Å². The van der Waals surface area contributed by atoms with Gasteiger partial charge in [0.05, 0.1) is 25.4 Å². The highest BCUT2D eigenvalue weighted by molar-refractivity contribution is 4.88. The van der Waals surface area contributed by atoms with Gasteiger partial charge in [0, 0.05) is 6.04 Å². The molecule has 18 heavy (non-hydrogen) atoms. The Morgan fingerprint density at radius 2 is 1.89 bits per heavy atom. The van der Waals surface area contributed by atoms with Crippen LogP contribution in [-0.4, -0.2) is 38.0 Å². The largest absolute Gasteiger partial charge is 0.376 e. The van der Waals surface area contributed by atoms with E-state index in [0.29, 0.717) is 37.4 Å². The molecule has 1 aliphatic rings. The molecule has 0 bridgehead atoms. The third-order valence-corrected chi connectivity index (χ3v) is 3.70. The van der Waals surface area contributed by atoms with Gasteiger partial charge >= 0.3 is 0 Å². The lowest BCUT2D eigenvalue weighted by atomic mass is 9.78. The second-order valence-electron chi connectivity index (χ2n) is 5.97. The molecule has 0 amide bonds. The van der Waals surface area contributed by atoms with E-state index in [4.69, 9.17) is 9.47 Å². The Balaban J connectivity index is 2.38. The van der Waals surface area contributed by atoms with Gasteiger partial charge in [-0.15, -0.1) is 0 Å². The minimum atomic E-state index is 0.293. The predicted molar refractivity (Wildman–Crippen MR) is 75.9 cm³/mol. The maximum Gasteiger partial charge on any atom is 0.0754 e. The Morgan fingerprint density at radius 1 is 1.17 bits per heavy atom. The van der Waals surface area contributed by atoms with Crippen LogP contribution in [0.2, 0.25) is 0 Å². The molecule has 0 aromatic rings. The van der Waals surface area contributed by atoms with Crippen molar-refractivity contribution < 1.29 is 9.47 Å². The van der Waals surface area contributed by atoms with Crippen molar-refractivity contribution >= 4 is 0 Å². The van der Waals surface area contributed by atoms with Crippen molar-refractivity contribution in [3.05, 3.63) is 0 Å². The van der Waals surface area contributed by atoms with Crippen LogP contribution in [-0.2, 0) is 9.47 Å². The van der Waals surface area contributed by atoms with Gasteiger partial charge < -0.3 is 14.8 Å². The average molecular weight is 257 g/mol. The van der Waals surface area contributed by atoms with E-state index in [1.165, 1.54) is 12.8 Å². The fraction of sp³-hybridized carbons (Fsp3) is 1.00. The zero-order valence-electron chi connectivity index (χ0n) is 12.7. The molecule has 0 aromatic heterocycles. The van der Waals surface area contributed by atoms with Crippen molar-refractivity contribution in [3.8, 4) is 0 Å². The first-order valence-electron chi connectivity index (χ1n) is 7.51. The Hall–Kier alpha value is -0.120. The number of hydrogen-bond donors (Lipinski definition) is 1. The molecule has 1 fully saturated rings. The highest BCUT2D eigenvalue weighted by Crippen LogP contribution is 2.31. The lowest BCUT2D eigenvalue weighted by Crippen LogP contribution is -2.49. The molecule has 0 saturated heterocycles. The van der Waals surface area contributed by atoms with Crippen LogP contribution < -0.4 is 5.32 Å². The summed E-state index contributed by atoms with van der Waals surface area (Å²) in [4.78, 5) is 0. The van der Waals surface area contributed by atoms with Crippen molar-refractivity contribution in [3.63, 3.8) is 0 Å². The molecular formula is C15H31NO2. The van der Waals surface area contributed by atoms with Crippen LogP contribution in [0.25, 0.3) is 0 Å². The van der Waals surface area contributed by atoms with Gasteiger partial charge in [-0.1, -0.05) is 20.8 Å². The number of hydrogen-bond acceptors (Lipinski definition) is 3. The summed E-state index contributed by atoms with van der Waals surface area (Å²) in [6.07, 6.45) is 3.14. The van der Waals surface area contributed by atoms with Crippen LogP contribution in [0, 0.1) is 11.8 Å². The van der Waals surface area contributed by atoms with Crippen molar-refractivity contribution in [2.45, 2.75) is 65.7 Å². The Morgan fingerprint density at radius 3 is 2.50 bits per heavy atom. The fourth-order valence-electron chi connectivity index (χ4n) is 3.04. The molecule has 1 N–H and O–H groups in total. The summed E-state index contributed by atoms with van der Waals surface area (Å²) < 4.78 is 11.6. The molecule has 0 heterocycles. The Kier molecular flexibility index (Phi) is 7.20. The van der Waals surface area contributed by atoms with Crippen LogP contribution in [0.5, 0.6) is 0 Å². The molecule has 1 saturated carbocycles. The topological polar surface area (TPSA) is 30.5 Å². The van der Waals surface area contributed by atoms with Crippen molar-refractivity contribution in [2.75, 3.05) is 19.8 Å². The lowest BCUT2D eigenvalue weighted by Gasteiger charge is -2.39. The molecule has 0 radical (unpaired) electrons. The molecule has 1 rings (SSSR count). The SMILES string of the molecule is CCNC1CC(C)CC(C)C1OCCOC(C)C. The monoisotopic (exact) mass is 257 g/mol. The third-order valence-electron chi connectivity index (χ3n) is 3.70. The first-order chi connectivity index (χ1) is 8.54. The molecule has 3 heteroatoms. The number of rotatable bonds is 7.